The van der Waals surface area contributed by atoms with Crippen molar-refractivity contribution in [3.8, 4) is 0 Å². The fourth-order valence-electron chi connectivity index (χ4n) is 2.55. The summed E-state index contributed by atoms with van der Waals surface area (Å²) in [6.45, 7) is 2.89. The molecule has 0 spiro atoms. The summed E-state index contributed by atoms with van der Waals surface area (Å²) in [6, 6.07) is 16.7. The average Bonchev–Trinajstić information content (AvgIpc) is 2.63. The Balaban J connectivity index is 2.17. The fourth-order valence-corrected chi connectivity index (χ4v) is 2.55. The lowest BCUT2D eigenvalue weighted by atomic mass is 9.90. The number of hydrogen-bond donors (Lipinski definition) is 3. The summed E-state index contributed by atoms with van der Waals surface area (Å²) in [4.78, 5) is 35.8. The minimum absolute atomic E-state index is 0.326. The molecular formula is C20H22N2O4. The summed E-state index contributed by atoms with van der Waals surface area (Å²) < 4.78 is 0. The van der Waals surface area contributed by atoms with Gasteiger partial charge in [0.05, 0.1) is 5.92 Å². The van der Waals surface area contributed by atoms with Crippen LogP contribution in [0.4, 0.5) is 0 Å². The van der Waals surface area contributed by atoms with Crippen LogP contribution in [0.1, 0.15) is 30.9 Å². The Bertz CT molecular complexity index is 722. The Labute approximate surface area is 152 Å². The molecule has 0 saturated heterocycles. The van der Waals surface area contributed by atoms with Crippen LogP contribution >= 0.6 is 0 Å². The zero-order chi connectivity index (χ0) is 19.1. The quantitative estimate of drug-likeness (QED) is 0.708. The van der Waals surface area contributed by atoms with Gasteiger partial charge < -0.3 is 15.7 Å². The molecule has 0 bridgehead atoms. The maximum atomic E-state index is 12.9. The van der Waals surface area contributed by atoms with Gasteiger partial charge in [0.15, 0.2) is 0 Å². The topological polar surface area (TPSA) is 95.5 Å². The molecule has 2 amide bonds. The van der Waals surface area contributed by atoms with Crippen molar-refractivity contribution >= 4 is 17.8 Å². The minimum atomic E-state index is -1.14. The number of carboxylic acids is 1. The first-order valence-corrected chi connectivity index (χ1v) is 8.33. The molecule has 0 aliphatic carbocycles. The van der Waals surface area contributed by atoms with E-state index in [9.17, 15) is 14.4 Å². The van der Waals surface area contributed by atoms with Crippen LogP contribution in [0.3, 0.4) is 0 Å². The predicted octanol–water partition coefficient (Wildman–Crippen LogP) is 1.91. The highest BCUT2D eigenvalue weighted by atomic mass is 16.4. The Morgan fingerprint density at radius 1 is 0.731 bits per heavy atom. The van der Waals surface area contributed by atoms with Gasteiger partial charge in [-0.2, -0.15) is 0 Å². The van der Waals surface area contributed by atoms with Gasteiger partial charge in [-0.1, -0.05) is 60.7 Å². The van der Waals surface area contributed by atoms with E-state index in [0.717, 1.165) is 11.1 Å². The van der Waals surface area contributed by atoms with Crippen LogP contribution in [0.15, 0.2) is 60.7 Å². The summed E-state index contributed by atoms with van der Waals surface area (Å²) in [5, 5.41) is 13.9. The lowest BCUT2D eigenvalue weighted by molar-refractivity contribution is -0.141. The van der Waals surface area contributed by atoms with Gasteiger partial charge in [0, 0.05) is 0 Å². The number of amides is 2. The third-order valence-corrected chi connectivity index (χ3v) is 4.01. The molecule has 3 N–H and O–H groups in total. The number of aliphatic carboxylic acids is 1. The number of carboxylic acid groups (broad SMARTS) is 1. The van der Waals surface area contributed by atoms with Crippen molar-refractivity contribution in [3.05, 3.63) is 71.8 Å². The average molecular weight is 354 g/mol. The number of nitrogens with one attached hydrogen (secondary N) is 2. The van der Waals surface area contributed by atoms with Gasteiger partial charge in [-0.15, -0.1) is 0 Å². The van der Waals surface area contributed by atoms with Crippen LogP contribution in [0.2, 0.25) is 0 Å². The molecule has 0 fully saturated rings. The SMILES string of the molecule is CC(NC(=O)C(C)NC(=O)C(c1ccccc1)c1ccccc1)C(=O)O. The highest BCUT2D eigenvalue weighted by Gasteiger charge is 2.26. The van der Waals surface area contributed by atoms with Gasteiger partial charge in [0.1, 0.15) is 12.1 Å². The molecule has 2 rings (SSSR count). The van der Waals surface area contributed by atoms with Crippen molar-refractivity contribution in [2.24, 2.45) is 0 Å². The third kappa shape index (κ3) is 4.92. The van der Waals surface area contributed by atoms with Crippen LogP contribution < -0.4 is 10.6 Å². The Morgan fingerprint density at radius 2 is 1.15 bits per heavy atom. The summed E-state index contributed by atoms with van der Waals surface area (Å²) in [5.74, 6) is -2.57. The normalized spacial score (nSPS) is 12.9. The van der Waals surface area contributed by atoms with Crippen LogP contribution in [0, 0.1) is 0 Å². The number of rotatable bonds is 7. The second kappa shape index (κ2) is 8.80. The molecule has 26 heavy (non-hydrogen) atoms. The van der Waals surface area contributed by atoms with Gasteiger partial charge in [0.25, 0.3) is 0 Å². The van der Waals surface area contributed by atoms with Crippen molar-refractivity contribution in [1.82, 2.24) is 10.6 Å². The van der Waals surface area contributed by atoms with Crippen molar-refractivity contribution in [2.45, 2.75) is 31.8 Å². The van der Waals surface area contributed by atoms with E-state index in [0.29, 0.717) is 0 Å². The van der Waals surface area contributed by atoms with E-state index in [4.69, 9.17) is 5.11 Å². The van der Waals surface area contributed by atoms with Crippen molar-refractivity contribution < 1.29 is 19.5 Å². The number of hydrogen-bond acceptors (Lipinski definition) is 3. The molecule has 2 aromatic rings. The van der Waals surface area contributed by atoms with E-state index in [2.05, 4.69) is 10.6 Å². The molecule has 6 nitrogen and oxygen atoms in total. The van der Waals surface area contributed by atoms with Gasteiger partial charge in [-0.3, -0.25) is 14.4 Å². The van der Waals surface area contributed by atoms with Crippen LogP contribution in [-0.4, -0.2) is 35.0 Å². The van der Waals surface area contributed by atoms with Crippen LogP contribution in [0.25, 0.3) is 0 Å². The highest BCUT2D eigenvalue weighted by molar-refractivity contribution is 5.93. The maximum absolute atomic E-state index is 12.9. The molecule has 0 radical (unpaired) electrons. The molecule has 2 atom stereocenters. The molecule has 2 unspecified atom stereocenters. The fraction of sp³-hybridized carbons (Fsp3) is 0.250. The van der Waals surface area contributed by atoms with E-state index < -0.39 is 29.9 Å². The Kier molecular flexibility index (Phi) is 6.49. The molecule has 0 saturated carbocycles. The van der Waals surface area contributed by atoms with E-state index in [1.54, 1.807) is 0 Å². The van der Waals surface area contributed by atoms with Gasteiger partial charge >= 0.3 is 5.97 Å². The van der Waals surface area contributed by atoms with E-state index in [1.807, 2.05) is 60.7 Å². The monoisotopic (exact) mass is 354 g/mol. The van der Waals surface area contributed by atoms with Crippen molar-refractivity contribution in [1.29, 1.82) is 0 Å². The maximum Gasteiger partial charge on any atom is 0.325 e. The zero-order valence-corrected chi connectivity index (χ0v) is 14.7. The molecule has 0 aromatic heterocycles. The van der Waals surface area contributed by atoms with E-state index >= 15 is 0 Å². The molecule has 2 aromatic carbocycles. The molecule has 0 aliphatic rings. The summed E-state index contributed by atoms with van der Waals surface area (Å²) in [6.07, 6.45) is 0. The molecule has 6 heteroatoms. The number of benzene rings is 2. The van der Waals surface area contributed by atoms with Gasteiger partial charge in [0.2, 0.25) is 11.8 Å². The van der Waals surface area contributed by atoms with Gasteiger partial charge in [-0.05, 0) is 25.0 Å². The Hall–Kier alpha value is -3.15. The highest BCUT2D eigenvalue weighted by Crippen LogP contribution is 2.24. The first-order chi connectivity index (χ1) is 12.4. The summed E-state index contributed by atoms with van der Waals surface area (Å²) in [7, 11) is 0. The lowest BCUT2D eigenvalue weighted by Gasteiger charge is -2.21. The van der Waals surface area contributed by atoms with Crippen molar-refractivity contribution in [2.75, 3.05) is 0 Å². The van der Waals surface area contributed by atoms with Gasteiger partial charge in [-0.25, -0.2) is 0 Å². The first-order valence-electron chi connectivity index (χ1n) is 8.33. The van der Waals surface area contributed by atoms with Crippen LogP contribution in [-0.2, 0) is 14.4 Å². The molecule has 0 aliphatic heterocycles. The lowest BCUT2D eigenvalue weighted by Crippen LogP contribution is -2.50. The smallest absolute Gasteiger partial charge is 0.325 e. The first kappa shape index (κ1) is 19.2. The van der Waals surface area contributed by atoms with E-state index in [1.165, 1.54) is 13.8 Å². The standard InChI is InChI=1S/C20H22N2O4/c1-13(18(23)22-14(2)20(25)26)21-19(24)17(15-9-5-3-6-10-15)16-11-7-4-8-12-16/h3-14,17H,1-2H3,(H,21,24)(H,22,23)(H,25,26). The second-order valence-corrected chi connectivity index (χ2v) is 6.05. The van der Waals surface area contributed by atoms with E-state index in [-0.39, 0.29) is 5.91 Å². The largest absolute Gasteiger partial charge is 0.480 e. The summed E-state index contributed by atoms with van der Waals surface area (Å²) >= 11 is 0. The second-order valence-electron chi connectivity index (χ2n) is 6.05. The molecule has 136 valence electrons. The predicted molar refractivity (Wildman–Crippen MR) is 97.6 cm³/mol. The Morgan fingerprint density at radius 3 is 1.58 bits per heavy atom. The molecule has 0 heterocycles. The molecular weight excluding hydrogens is 332 g/mol. The third-order valence-electron chi connectivity index (χ3n) is 4.01. The zero-order valence-electron chi connectivity index (χ0n) is 14.7. The minimum Gasteiger partial charge on any atom is -0.480 e. The number of carbonyl (C=O) groups is 3. The van der Waals surface area contributed by atoms with Crippen molar-refractivity contribution in [3.63, 3.8) is 0 Å². The number of carbonyl (C=O) groups excluding carboxylic acids is 2. The summed E-state index contributed by atoms with van der Waals surface area (Å²) in [5.41, 5.74) is 1.62. The van der Waals surface area contributed by atoms with Crippen LogP contribution in [0.5, 0.6) is 0 Å².